The zero-order chi connectivity index (χ0) is 14.1. The number of carbonyl (C=O) groups is 1. The van der Waals surface area contributed by atoms with E-state index in [0.29, 0.717) is 39.5 Å². The van der Waals surface area contributed by atoms with Crippen LogP contribution < -0.4 is 10.6 Å². The Labute approximate surface area is 110 Å². The van der Waals surface area contributed by atoms with E-state index in [-0.39, 0.29) is 5.91 Å². The highest BCUT2D eigenvalue weighted by atomic mass is 16.5. The van der Waals surface area contributed by atoms with Crippen LogP contribution in [0.25, 0.3) is 0 Å². The van der Waals surface area contributed by atoms with Crippen LogP contribution in [-0.4, -0.2) is 67.2 Å². The maximum atomic E-state index is 10.8. The second kappa shape index (κ2) is 18.7. The maximum absolute atomic E-state index is 10.8. The van der Waals surface area contributed by atoms with E-state index < -0.39 is 0 Å². The van der Waals surface area contributed by atoms with Crippen LogP contribution in [0, 0.1) is 0 Å². The summed E-state index contributed by atoms with van der Waals surface area (Å²) in [6.07, 6.45) is 1.26. The summed E-state index contributed by atoms with van der Waals surface area (Å²) >= 11 is 0. The summed E-state index contributed by atoms with van der Waals surface area (Å²) in [6, 6.07) is 0. The van der Waals surface area contributed by atoms with Gasteiger partial charge in [0.1, 0.15) is 0 Å². The Bertz CT molecular complexity index is 168. The number of amides is 1. The average Bonchev–Trinajstić information content (AvgIpc) is 2.37. The number of ether oxygens (including phenoxy) is 3. The number of rotatable bonds is 10. The molecule has 0 rings (SSSR count). The van der Waals surface area contributed by atoms with Crippen molar-refractivity contribution in [1.29, 1.82) is 0 Å². The minimum atomic E-state index is 0.0509. The minimum absolute atomic E-state index is 0.0509. The normalized spacial score (nSPS) is 9.56. The van der Waals surface area contributed by atoms with Crippen molar-refractivity contribution in [2.24, 2.45) is 0 Å². The Morgan fingerprint density at radius 2 is 1.44 bits per heavy atom. The van der Waals surface area contributed by atoms with Crippen LogP contribution in [0.5, 0.6) is 0 Å². The molecular weight excluding hydrogens is 236 g/mol. The first kappa shape index (κ1) is 19.6. The molecule has 0 radical (unpaired) electrons. The van der Waals surface area contributed by atoms with E-state index >= 15 is 0 Å². The highest BCUT2D eigenvalue weighted by Gasteiger charge is 1.96. The highest BCUT2D eigenvalue weighted by molar-refractivity contribution is 5.75. The molecule has 0 aromatic rings. The van der Waals surface area contributed by atoms with Crippen molar-refractivity contribution in [1.82, 2.24) is 10.6 Å². The van der Waals surface area contributed by atoms with Crippen LogP contribution in [0.15, 0.2) is 0 Å². The van der Waals surface area contributed by atoms with Gasteiger partial charge in [0.05, 0.1) is 26.4 Å². The molecule has 0 aliphatic heterocycles. The monoisotopic (exact) mass is 264 g/mol. The molecule has 110 valence electrons. The molecule has 0 aromatic carbocycles. The van der Waals surface area contributed by atoms with E-state index in [2.05, 4.69) is 10.6 Å². The Morgan fingerprint density at radius 3 is 1.94 bits per heavy atom. The Hall–Kier alpha value is -0.690. The number of methoxy groups -OCH3 is 1. The van der Waals surface area contributed by atoms with Crippen LogP contribution in [-0.2, 0) is 19.0 Å². The molecule has 18 heavy (non-hydrogen) atoms. The van der Waals surface area contributed by atoms with Crippen LogP contribution in [0.1, 0.15) is 12.8 Å². The van der Waals surface area contributed by atoms with E-state index in [1.807, 2.05) is 14.1 Å². The van der Waals surface area contributed by atoms with Gasteiger partial charge >= 0.3 is 0 Å². The molecule has 0 aromatic heterocycles. The summed E-state index contributed by atoms with van der Waals surface area (Å²) < 4.78 is 15.3. The zero-order valence-corrected chi connectivity index (χ0v) is 12.1. The van der Waals surface area contributed by atoms with Crippen molar-refractivity contribution in [3.05, 3.63) is 0 Å². The number of carbonyl (C=O) groups excluding carboxylic acids is 1. The molecule has 0 unspecified atom stereocenters. The summed E-state index contributed by atoms with van der Waals surface area (Å²) in [7, 11) is 7.02. The van der Waals surface area contributed by atoms with Gasteiger partial charge in [-0.1, -0.05) is 0 Å². The third-order valence-corrected chi connectivity index (χ3v) is 1.78. The fourth-order valence-electron chi connectivity index (χ4n) is 0.924. The molecule has 0 saturated carbocycles. The molecule has 0 bridgehead atoms. The van der Waals surface area contributed by atoms with Crippen molar-refractivity contribution >= 4 is 5.91 Å². The first-order valence-corrected chi connectivity index (χ1v) is 6.16. The summed E-state index contributed by atoms with van der Waals surface area (Å²) in [6.45, 7) is 2.94. The first-order chi connectivity index (χ1) is 8.72. The third kappa shape index (κ3) is 20.7. The van der Waals surface area contributed by atoms with Gasteiger partial charge in [-0.3, -0.25) is 4.79 Å². The van der Waals surface area contributed by atoms with Crippen molar-refractivity contribution in [2.75, 3.05) is 61.3 Å². The van der Waals surface area contributed by atoms with Gasteiger partial charge in [-0.15, -0.1) is 0 Å². The Balaban J connectivity index is 0. The lowest BCUT2D eigenvalue weighted by Crippen LogP contribution is -2.18. The van der Waals surface area contributed by atoms with Gasteiger partial charge in [0.2, 0.25) is 5.91 Å². The second-order valence-corrected chi connectivity index (χ2v) is 3.49. The van der Waals surface area contributed by atoms with Crippen LogP contribution >= 0.6 is 0 Å². The van der Waals surface area contributed by atoms with Gasteiger partial charge in [0.25, 0.3) is 0 Å². The smallest absolute Gasteiger partial charge is 0.219 e. The molecule has 0 aliphatic rings. The molecule has 0 fully saturated rings. The molecular formula is C12H28N2O4. The van der Waals surface area contributed by atoms with Gasteiger partial charge in [-0.25, -0.2) is 0 Å². The van der Waals surface area contributed by atoms with Crippen LogP contribution in [0.3, 0.4) is 0 Å². The van der Waals surface area contributed by atoms with E-state index in [4.69, 9.17) is 14.2 Å². The largest absolute Gasteiger partial charge is 0.382 e. The minimum Gasteiger partial charge on any atom is -0.382 e. The quantitative estimate of drug-likeness (QED) is 0.545. The SMILES string of the molecule is CNC.CNC(=O)CCCOCCOCCOC. The summed E-state index contributed by atoms with van der Waals surface area (Å²) in [4.78, 5) is 10.8. The lowest BCUT2D eigenvalue weighted by atomic mass is 10.3. The summed E-state index contributed by atoms with van der Waals surface area (Å²) in [5.41, 5.74) is 0. The fourth-order valence-corrected chi connectivity index (χ4v) is 0.924. The van der Waals surface area contributed by atoms with Gasteiger partial charge in [0, 0.05) is 27.2 Å². The molecule has 0 heterocycles. The van der Waals surface area contributed by atoms with Crippen molar-refractivity contribution in [3.63, 3.8) is 0 Å². The molecule has 2 N–H and O–H groups in total. The summed E-state index contributed by atoms with van der Waals surface area (Å²) in [5.74, 6) is 0.0509. The predicted octanol–water partition coefficient (Wildman–Crippen LogP) is 0.0278. The zero-order valence-electron chi connectivity index (χ0n) is 12.1. The Kier molecular flexibility index (Phi) is 20.4. The van der Waals surface area contributed by atoms with E-state index in [9.17, 15) is 4.79 Å². The first-order valence-electron chi connectivity index (χ1n) is 6.16. The topological polar surface area (TPSA) is 68.8 Å². The molecule has 0 atom stereocenters. The number of nitrogens with one attached hydrogen (secondary N) is 2. The van der Waals surface area contributed by atoms with Crippen molar-refractivity contribution in [2.45, 2.75) is 12.8 Å². The molecule has 1 amide bonds. The van der Waals surface area contributed by atoms with Crippen molar-refractivity contribution < 1.29 is 19.0 Å². The van der Waals surface area contributed by atoms with Crippen LogP contribution in [0.2, 0.25) is 0 Å². The lowest BCUT2D eigenvalue weighted by molar-refractivity contribution is -0.120. The van der Waals surface area contributed by atoms with Gasteiger partial charge in [-0.05, 0) is 20.5 Å². The molecule has 6 nitrogen and oxygen atoms in total. The lowest BCUT2D eigenvalue weighted by Gasteiger charge is -2.05. The molecule has 0 aliphatic carbocycles. The van der Waals surface area contributed by atoms with Crippen LogP contribution in [0.4, 0.5) is 0 Å². The standard InChI is InChI=1S/C10H21NO4.C2H7N/c1-11-10(12)4-3-5-14-8-9-15-7-6-13-2;1-3-2/h3-9H2,1-2H3,(H,11,12);3H,1-2H3. The van der Waals surface area contributed by atoms with Crippen molar-refractivity contribution in [3.8, 4) is 0 Å². The molecule has 6 heteroatoms. The highest BCUT2D eigenvalue weighted by Crippen LogP contribution is 1.90. The van der Waals surface area contributed by atoms with E-state index in [1.54, 1.807) is 14.2 Å². The number of hydrogen-bond donors (Lipinski definition) is 2. The van der Waals surface area contributed by atoms with Gasteiger partial charge < -0.3 is 24.8 Å². The molecule has 0 saturated heterocycles. The van der Waals surface area contributed by atoms with Gasteiger partial charge in [0.15, 0.2) is 0 Å². The van der Waals surface area contributed by atoms with Gasteiger partial charge in [-0.2, -0.15) is 0 Å². The maximum Gasteiger partial charge on any atom is 0.219 e. The average molecular weight is 264 g/mol. The molecule has 0 spiro atoms. The fraction of sp³-hybridized carbons (Fsp3) is 0.917. The summed E-state index contributed by atoms with van der Waals surface area (Å²) in [5, 5.41) is 5.31. The predicted molar refractivity (Wildman–Crippen MR) is 71.8 cm³/mol. The van der Waals surface area contributed by atoms with E-state index in [0.717, 1.165) is 6.42 Å². The number of hydrogen-bond acceptors (Lipinski definition) is 5. The second-order valence-electron chi connectivity index (χ2n) is 3.49. The third-order valence-electron chi connectivity index (χ3n) is 1.78. The van der Waals surface area contributed by atoms with E-state index in [1.165, 1.54) is 0 Å². The Morgan fingerprint density at radius 1 is 0.944 bits per heavy atom.